The Bertz CT molecular complexity index is 664. The van der Waals surface area contributed by atoms with Gasteiger partial charge in [-0.25, -0.2) is 0 Å². The first-order valence-electron chi connectivity index (χ1n) is 9.35. The number of para-hydroxylation sites is 1. The second-order valence-electron chi connectivity index (χ2n) is 6.77. The van der Waals surface area contributed by atoms with E-state index in [9.17, 15) is 4.79 Å². The highest BCUT2D eigenvalue weighted by Gasteiger charge is 2.17. The number of benzene rings is 1. The number of hydrogen-bond acceptors (Lipinski definition) is 3. The average molecular weight is 337 g/mol. The molecule has 0 radical (unpaired) electrons. The highest BCUT2D eigenvalue weighted by Crippen LogP contribution is 2.20. The van der Waals surface area contributed by atoms with Gasteiger partial charge in [0.15, 0.2) is 0 Å². The molecule has 2 N–H and O–H groups in total. The van der Waals surface area contributed by atoms with Crippen LogP contribution < -0.4 is 10.6 Å². The van der Waals surface area contributed by atoms with E-state index in [0.29, 0.717) is 12.6 Å². The molecule has 1 saturated carbocycles. The Labute approximate surface area is 150 Å². The van der Waals surface area contributed by atoms with Gasteiger partial charge in [0.05, 0.1) is 5.56 Å². The first-order valence-corrected chi connectivity index (χ1v) is 9.35. The van der Waals surface area contributed by atoms with Crippen LogP contribution in [0.2, 0.25) is 0 Å². The molecule has 4 nitrogen and oxygen atoms in total. The molecule has 1 aliphatic carbocycles. The van der Waals surface area contributed by atoms with E-state index >= 15 is 0 Å². The molecular formula is C21H27N3O. The number of nitrogens with one attached hydrogen (secondary N) is 2. The van der Waals surface area contributed by atoms with Gasteiger partial charge in [-0.05, 0) is 42.7 Å². The van der Waals surface area contributed by atoms with Crippen LogP contribution in [0, 0.1) is 0 Å². The van der Waals surface area contributed by atoms with E-state index in [4.69, 9.17) is 0 Å². The molecule has 4 heteroatoms. The number of hydrogen-bond donors (Lipinski definition) is 2. The van der Waals surface area contributed by atoms with Crippen molar-refractivity contribution in [3.8, 4) is 0 Å². The number of rotatable bonds is 5. The first kappa shape index (κ1) is 17.5. The molecule has 3 rings (SSSR count). The Hall–Kier alpha value is -2.36. The Morgan fingerprint density at radius 3 is 2.40 bits per heavy atom. The minimum absolute atomic E-state index is 0.0309. The third-order valence-electron chi connectivity index (χ3n) is 4.84. The van der Waals surface area contributed by atoms with Crippen LogP contribution in [0.4, 0.5) is 5.69 Å². The molecular weight excluding hydrogens is 310 g/mol. The van der Waals surface area contributed by atoms with Crippen LogP contribution in [-0.2, 0) is 6.54 Å². The standard InChI is InChI=1S/C21H27N3O/c25-21(24-18-8-4-2-1-3-5-9-18)19-10-6-7-11-20(19)23-16-17-12-14-22-15-13-17/h6-7,10-15,18,23H,1-5,8-9,16H2,(H,24,25). The summed E-state index contributed by atoms with van der Waals surface area (Å²) in [7, 11) is 0. The summed E-state index contributed by atoms with van der Waals surface area (Å²) in [4.78, 5) is 16.8. The highest BCUT2D eigenvalue weighted by molar-refractivity contribution is 5.99. The van der Waals surface area contributed by atoms with Crippen LogP contribution in [0.3, 0.4) is 0 Å². The molecule has 0 unspecified atom stereocenters. The Kier molecular flexibility index (Phi) is 6.43. The zero-order valence-electron chi connectivity index (χ0n) is 14.7. The fraction of sp³-hybridized carbons (Fsp3) is 0.429. The molecule has 1 fully saturated rings. The van der Waals surface area contributed by atoms with Crippen LogP contribution in [-0.4, -0.2) is 16.9 Å². The molecule has 0 spiro atoms. The molecule has 0 aliphatic heterocycles. The van der Waals surface area contributed by atoms with Crippen molar-refractivity contribution in [1.29, 1.82) is 0 Å². The molecule has 0 bridgehead atoms. The molecule has 1 aliphatic rings. The smallest absolute Gasteiger partial charge is 0.253 e. The summed E-state index contributed by atoms with van der Waals surface area (Å²) in [5.41, 5.74) is 2.74. The van der Waals surface area contributed by atoms with E-state index in [2.05, 4.69) is 15.6 Å². The summed E-state index contributed by atoms with van der Waals surface area (Å²) in [6.07, 6.45) is 12.1. The van der Waals surface area contributed by atoms with Crippen LogP contribution in [0.15, 0.2) is 48.8 Å². The van der Waals surface area contributed by atoms with E-state index in [-0.39, 0.29) is 5.91 Å². The van der Waals surface area contributed by atoms with Gasteiger partial charge in [-0.15, -0.1) is 0 Å². The minimum atomic E-state index is 0.0309. The van der Waals surface area contributed by atoms with Gasteiger partial charge in [-0.2, -0.15) is 0 Å². The number of amides is 1. The third-order valence-corrected chi connectivity index (χ3v) is 4.84. The predicted octanol–water partition coefficient (Wildman–Crippen LogP) is 4.54. The van der Waals surface area contributed by atoms with Crippen molar-refractivity contribution in [3.63, 3.8) is 0 Å². The number of carbonyl (C=O) groups excluding carboxylic acids is 1. The third kappa shape index (κ3) is 5.31. The fourth-order valence-electron chi connectivity index (χ4n) is 3.40. The second-order valence-corrected chi connectivity index (χ2v) is 6.77. The highest BCUT2D eigenvalue weighted by atomic mass is 16.1. The van der Waals surface area contributed by atoms with E-state index in [1.807, 2.05) is 36.4 Å². The zero-order valence-corrected chi connectivity index (χ0v) is 14.7. The predicted molar refractivity (Wildman–Crippen MR) is 102 cm³/mol. The molecule has 25 heavy (non-hydrogen) atoms. The van der Waals surface area contributed by atoms with Gasteiger partial charge in [0.2, 0.25) is 0 Å². The molecule has 0 saturated heterocycles. The Morgan fingerprint density at radius 1 is 0.960 bits per heavy atom. The van der Waals surface area contributed by atoms with Crippen molar-refractivity contribution in [3.05, 3.63) is 59.9 Å². The summed E-state index contributed by atoms with van der Waals surface area (Å²) >= 11 is 0. The van der Waals surface area contributed by atoms with Crippen LogP contribution in [0.5, 0.6) is 0 Å². The van der Waals surface area contributed by atoms with Crippen LogP contribution in [0.25, 0.3) is 0 Å². The molecule has 1 aromatic heterocycles. The molecule has 132 valence electrons. The Balaban J connectivity index is 1.63. The quantitative estimate of drug-likeness (QED) is 0.842. The normalized spacial score (nSPS) is 15.8. The SMILES string of the molecule is O=C(NC1CCCCCCC1)c1ccccc1NCc1ccncc1. The van der Waals surface area contributed by atoms with E-state index in [0.717, 1.165) is 29.7 Å². The summed E-state index contributed by atoms with van der Waals surface area (Å²) < 4.78 is 0. The van der Waals surface area contributed by atoms with Crippen LogP contribution in [0.1, 0.15) is 60.9 Å². The van der Waals surface area contributed by atoms with Gasteiger partial charge in [0.1, 0.15) is 0 Å². The molecule has 0 atom stereocenters. The number of anilines is 1. The number of nitrogens with zero attached hydrogens (tertiary/aromatic N) is 1. The number of carbonyl (C=O) groups is 1. The summed E-state index contributed by atoms with van der Waals surface area (Å²) in [5.74, 6) is 0.0309. The lowest BCUT2D eigenvalue weighted by atomic mass is 9.96. The summed E-state index contributed by atoms with van der Waals surface area (Å²) in [6.45, 7) is 0.677. The van der Waals surface area contributed by atoms with Crippen molar-refractivity contribution >= 4 is 11.6 Å². The maximum absolute atomic E-state index is 12.8. The van der Waals surface area contributed by atoms with E-state index < -0.39 is 0 Å². The average Bonchev–Trinajstić information content (AvgIpc) is 2.63. The van der Waals surface area contributed by atoms with E-state index in [1.165, 1.54) is 32.1 Å². The largest absolute Gasteiger partial charge is 0.380 e. The number of pyridine rings is 1. The zero-order chi connectivity index (χ0) is 17.3. The van der Waals surface area contributed by atoms with Crippen molar-refractivity contribution in [2.24, 2.45) is 0 Å². The fourth-order valence-corrected chi connectivity index (χ4v) is 3.40. The van der Waals surface area contributed by atoms with Crippen molar-refractivity contribution in [1.82, 2.24) is 10.3 Å². The maximum atomic E-state index is 12.8. The van der Waals surface area contributed by atoms with Gasteiger partial charge in [-0.1, -0.05) is 44.2 Å². The summed E-state index contributed by atoms with van der Waals surface area (Å²) in [6, 6.07) is 12.0. The molecule has 1 amide bonds. The molecule has 1 heterocycles. The van der Waals surface area contributed by atoms with Crippen molar-refractivity contribution < 1.29 is 4.79 Å². The van der Waals surface area contributed by atoms with Gasteiger partial charge >= 0.3 is 0 Å². The first-order chi connectivity index (χ1) is 12.3. The molecule has 1 aromatic carbocycles. The monoisotopic (exact) mass is 337 g/mol. The number of aromatic nitrogens is 1. The maximum Gasteiger partial charge on any atom is 0.253 e. The minimum Gasteiger partial charge on any atom is -0.380 e. The van der Waals surface area contributed by atoms with Gasteiger partial charge < -0.3 is 10.6 Å². The second kappa shape index (κ2) is 9.21. The summed E-state index contributed by atoms with van der Waals surface area (Å²) in [5, 5.41) is 6.63. The van der Waals surface area contributed by atoms with Gasteiger partial charge in [-0.3, -0.25) is 9.78 Å². The van der Waals surface area contributed by atoms with Crippen LogP contribution >= 0.6 is 0 Å². The van der Waals surface area contributed by atoms with E-state index in [1.54, 1.807) is 12.4 Å². The van der Waals surface area contributed by atoms with Gasteiger partial charge in [0, 0.05) is 30.7 Å². The molecule has 2 aromatic rings. The lowest BCUT2D eigenvalue weighted by Crippen LogP contribution is -2.35. The lowest BCUT2D eigenvalue weighted by Gasteiger charge is -2.22. The topological polar surface area (TPSA) is 54.0 Å². The Morgan fingerprint density at radius 2 is 1.64 bits per heavy atom. The van der Waals surface area contributed by atoms with Crippen molar-refractivity contribution in [2.45, 2.75) is 57.5 Å². The lowest BCUT2D eigenvalue weighted by molar-refractivity contribution is 0.0931. The van der Waals surface area contributed by atoms with Crippen molar-refractivity contribution in [2.75, 3.05) is 5.32 Å². The van der Waals surface area contributed by atoms with Gasteiger partial charge in [0.25, 0.3) is 5.91 Å².